The van der Waals surface area contributed by atoms with Crippen LogP contribution in [0.3, 0.4) is 0 Å². The van der Waals surface area contributed by atoms with Gasteiger partial charge in [0, 0.05) is 11.3 Å². The molecule has 0 spiro atoms. The van der Waals surface area contributed by atoms with Gasteiger partial charge in [-0.25, -0.2) is 0 Å². The summed E-state index contributed by atoms with van der Waals surface area (Å²) in [5, 5.41) is 11.2. The largest absolute Gasteiger partial charge is 0.507 e. The first kappa shape index (κ1) is 23.1. The Morgan fingerprint density at radius 3 is 2.32 bits per heavy atom. The van der Waals surface area contributed by atoms with E-state index in [-0.39, 0.29) is 11.3 Å². The van der Waals surface area contributed by atoms with Crippen LogP contribution in [0.25, 0.3) is 5.76 Å². The van der Waals surface area contributed by atoms with Gasteiger partial charge in [0.15, 0.2) is 0 Å². The van der Waals surface area contributed by atoms with Crippen molar-refractivity contribution in [1.29, 1.82) is 0 Å². The Morgan fingerprint density at radius 1 is 0.971 bits per heavy atom. The average molecular weight is 458 g/mol. The third kappa shape index (κ3) is 4.39. The zero-order valence-corrected chi connectivity index (χ0v) is 19.4. The van der Waals surface area contributed by atoms with Crippen molar-refractivity contribution in [1.82, 2.24) is 0 Å². The molecule has 6 heteroatoms. The van der Waals surface area contributed by atoms with Crippen molar-refractivity contribution in [3.63, 3.8) is 0 Å². The van der Waals surface area contributed by atoms with Gasteiger partial charge in [0.25, 0.3) is 11.7 Å². The Labute approximate surface area is 199 Å². The number of amides is 1. The highest BCUT2D eigenvalue weighted by atomic mass is 16.5. The van der Waals surface area contributed by atoms with Crippen molar-refractivity contribution in [2.75, 3.05) is 18.6 Å². The molecule has 0 saturated carbocycles. The fourth-order valence-corrected chi connectivity index (χ4v) is 4.02. The molecule has 3 aromatic rings. The molecule has 1 N–H and O–H groups in total. The summed E-state index contributed by atoms with van der Waals surface area (Å²) in [6, 6.07) is 20.6. The Kier molecular flexibility index (Phi) is 6.68. The molecule has 3 aromatic carbocycles. The highest BCUT2D eigenvalue weighted by Gasteiger charge is 2.47. The molecule has 1 atom stereocenters. The van der Waals surface area contributed by atoms with E-state index in [0.717, 1.165) is 12.0 Å². The molecule has 1 aliphatic rings. The summed E-state index contributed by atoms with van der Waals surface area (Å²) >= 11 is 0. The Balaban J connectivity index is 1.89. The second kappa shape index (κ2) is 9.83. The lowest BCUT2D eigenvalue weighted by Crippen LogP contribution is -2.29. The van der Waals surface area contributed by atoms with Crippen LogP contribution in [-0.2, 0) is 9.59 Å². The van der Waals surface area contributed by atoms with Crippen molar-refractivity contribution in [2.24, 2.45) is 0 Å². The summed E-state index contributed by atoms with van der Waals surface area (Å²) in [4.78, 5) is 28.0. The van der Waals surface area contributed by atoms with E-state index in [1.807, 2.05) is 50.2 Å². The number of nitrogens with zero attached hydrogens (tertiary/aromatic N) is 1. The number of aliphatic hydroxyl groups is 1. The van der Waals surface area contributed by atoms with Gasteiger partial charge >= 0.3 is 0 Å². The molecule has 0 bridgehead atoms. The lowest BCUT2D eigenvalue weighted by Gasteiger charge is -2.26. The fourth-order valence-electron chi connectivity index (χ4n) is 4.02. The van der Waals surface area contributed by atoms with Crippen LogP contribution >= 0.6 is 0 Å². The third-order valence-corrected chi connectivity index (χ3v) is 5.77. The zero-order chi connectivity index (χ0) is 24.2. The molecule has 6 nitrogen and oxygen atoms in total. The highest BCUT2D eigenvalue weighted by molar-refractivity contribution is 6.51. The first-order chi connectivity index (χ1) is 16.4. The Morgan fingerprint density at radius 2 is 1.68 bits per heavy atom. The molecule has 4 rings (SSSR count). The second-order valence-electron chi connectivity index (χ2n) is 8.15. The topological polar surface area (TPSA) is 76.1 Å². The summed E-state index contributed by atoms with van der Waals surface area (Å²) in [7, 11) is 1.56. The quantitative estimate of drug-likeness (QED) is 0.291. The van der Waals surface area contributed by atoms with E-state index in [2.05, 4.69) is 0 Å². The van der Waals surface area contributed by atoms with Crippen LogP contribution in [-0.4, -0.2) is 30.5 Å². The number of methoxy groups -OCH3 is 1. The van der Waals surface area contributed by atoms with Crippen LogP contribution in [0.15, 0.2) is 78.4 Å². The van der Waals surface area contributed by atoms with Gasteiger partial charge in [0.1, 0.15) is 17.3 Å². The van der Waals surface area contributed by atoms with Gasteiger partial charge in [-0.3, -0.25) is 14.5 Å². The number of hydrogen-bond donors (Lipinski definition) is 1. The number of ether oxygens (including phenoxy) is 2. The molecular formula is C28H27NO5. The van der Waals surface area contributed by atoms with E-state index >= 15 is 0 Å². The summed E-state index contributed by atoms with van der Waals surface area (Å²) in [6.45, 7) is 4.50. The molecule has 1 saturated heterocycles. The van der Waals surface area contributed by atoms with Crippen molar-refractivity contribution in [2.45, 2.75) is 26.3 Å². The second-order valence-corrected chi connectivity index (χ2v) is 8.15. The molecule has 0 aliphatic carbocycles. The number of Topliss-reactive ketones (excluding diaryl/α,β-unsaturated/α-hetero) is 1. The number of carbonyl (C=O) groups is 2. The highest BCUT2D eigenvalue weighted by Crippen LogP contribution is 2.43. The van der Waals surface area contributed by atoms with Crippen LogP contribution in [0.1, 0.15) is 36.1 Å². The number of hydrogen-bond acceptors (Lipinski definition) is 5. The number of aryl methyl sites for hydroxylation is 1. The number of benzene rings is 3. The fraction of sp³-hybridized carbons (Fsp3) is 0.214. The maximum absolute atomic E-state index is 13.3. The molecule has 174 valence electrons. The van der Waals surface area contributed by atoms with Gasteiger partial charge in [-0.2, -0.15) is 0 Å². The Hall–Kier alpha value is -4.06. The zero-order valence-electron chi connectivity index (χ0n) is 19.4. The van der Waals surface area contributed by atoms with E-state index < -0.39 is 17.7 Å². The minimum absolute atomic E-state index is 0.0392. The van der Waals surface area contributed by atoms with E-state index in [1.165, 1.54) is 4.90 Å². The van der Waals surface area contributed by atoms with Crippen LogP contribution in [0, 0.1) is 6.92 Å². The van der Waals surface area contributed by atoms with Gasteiger partial charge in [0.05, 0.1) is 25.3 Å². The first-order valence-corrected chi connectivity index (χ1v) is 11.2. The van der Waals surface area contributed by atoms with Gasteiger partial charge in [-0.05, 0) is 55.3 Å². The SMILES string of the molecule is CCCOc1cccc(C2/C(=C(/O)c3ccc(C)cc3)C(=O)C(=O)N2c2ccc(OC)cc2)c1. The summed E-state index contributed by atoms with van der Waals surface area (Å²) in [6.07, 6.45) is 0.849. The van der Waals surface area contributed by atoms with E-state index in [4.69, 9.17) is 9.47 Å². The lowest BCUT2D eigenvalue weighted by atomic mass is 9.94. The number of aliphatic hydroxyl groups excluding tert-OH is 1. The van der Waals surface area contributed by atoms with E-state index in [0.29, 0.717) is 34.9 Å². The van der Waals surface area contributed by atoms with Crippen LogP contribution in [0.2, 0.25) is 0 Å². The number of ketones is 1. The van der Waals surface area contributed by atoms with Crippen LogP contribution in [0.4, 0.5) is 5.69 Å². The maximum atomic E-state index is 13.3. The molecule has 0 radical (unpaired) electrons. The molecule has 34 heavy (non-hydrogen) atoms. The van der Waals surface area contributed by atoms with Crippen LogP contribution in [0.5, 0.6) is 11.5 Å². The standard InChI is InChI=1S/C28H27NO5/c1-4-16-34-23-7-5-6-20(17-23)25-24(26(30)19-10-8-18(2)9-11-19)27(31)28(32)29(25)21-12-14-22(33-3)15-13-21/h5-15,17,25,30H,4,16H2,1-3H3/b26-24-. The molecular weight excluding hydrogens is 430 g/mol. The van der Waals surface area contributed by atoms with Gasteiger partial charge in [-0.1, -0.05) is 48.9 Å². The maximum Gasteiger partial charge on any atom is 0.300 e. The minimum Gasteiger partial charge on any atom is -0.507 e. The van der Waals surface area contributed by atoms with Crippen molar-refractivity contribution in [3.05, 3.63) is 95.1 Å². The predicted octanol–water partition coefficient (Wildman–Crippen LogP) is 5.42. The van der Waals surface area contributed by atoms with Crippen molar-refractivity contribution < 1.29 is 24.2 Å². The van der Waals surface area contributed by atoms with E-state index in [1.54, 1.807) is 43.5 Å². The molecule has 1 unspecified atom stereocenters. The smallest absolute Gasteiger partial charge is 0.300 e. The summed E-state index contributed by atoms with van der Waals surface area (Å²) in [5.74, 6) is -0.386. The number of carbonyl (C=O) groups excluding carboxylic acids is 2. The molecule has 1 fully saturated rings. The third-order valence-electron chi connectivity index (χ3n) is 5.77. The van der Waals surface area contributed by atoms with Gasteiger partial charge < -0.3 is 14.6 Å². The monoisotopic (exact) mass is 457 g/mol. The normalized spacial score (nSPS) is 17.1. The minimum atomic E-state index is -0.820. The molecule has 1 aliphatic heterocycles. The predicted molar refractivity (Wildman–Crippen MR) is 131 cm³/mol. The first-order valence-electron chi connectivity index (χ1n) is 11.2. The number of rotatable bonds is 7. The van der Waals surface area contributed by atoms with Crippen molar-refractivity contribution >= 4 is 23.1 Å². The summed E-state index contributed by atoms with van der Waals surface area (Å²) < 4.78 is 11.0. The van der Waals surface area contributed by atoms with Crippen molar-refractivity contribution in [3.8, 4) is 11.5 Å². The average Bonchev–Trinajstić information content (AvgIpc) is 3.13. The molecule has 0 aromatic heterocycles. The van der Waals surface area contributed by atoms with Gasteiger partial charge in [0.2, 0.25) is 0 Å². The summed E-state index contributed by atoms with van der Waals surface area (Å²) in [5.41, 5.74) is 2.72. The Bertz CT molecular complexity index is 1230. The molecule has 1 heterocycles. The number of anilines is 1. The lowest BCUT2D eigenvalue weighted by molar-refractivity contribution is -0.132. The van der Waals surface area contributed by atoms with Gasteiger partial charge in [-0.15, -0.1) is 0 Å². The molecule has 1 amide bonds. The van der Waals surface area contributed by atoms with E-state index in [9.17, 15) is 14.7 Å². The van der Waals surface area contributed by atoms with Crippen LogP contribution < -0.4 is 14.4 Å².